The lowest BCUT2D eigenvalue weighted by atomic mass is 10.0. The summed E-state index contributed by atoms with van der Waals surface area (Å²) in [7, 11) is 0. The number of likely N-dealkylation sites (tertiary alicyclic amines) is 1. The highest BCUT2D eigenvalue weighted by Crippen LogP contribution is 2.38. The quantitative estimate of drug-likeness (QED) is 0.577. The number of halogens is 1. The number of hydrogen-bond donors (Lipinski definition) is 1. The summed E-state index contributed by atoms with van der Waals surface area (Å²) in [5.41, 5.74) is 2.50. The second-order valence-corrected chi connectivity index (χ2v) is 9.28. The number of pyridine rings is 1. The molecule has 1 aromatic heterocycles. The third kappa shape index (κ3) is 3.94. The number of amides is 1. The Bertz CT molecular complexity index is 1180. The normalized spacial score (nSPS) is 21.4. The summed E-state index contributed by atoms with van der Waals surface area (Å²) in [5, 5.41) is 12.4. The van der Waals surface area contributed by atoms with E-state index in [0.29, 0.717) is 11.5 Å². The zero-order valence-electron chi connectivity index (χ0n) is 17.2. The van der Waals surface area contributed by atoms with E-state index in [1.54, 1.807) is 41.2 Å². The number of aromatic nitrogens is 1. The Hall–Kier alpha value is -3.37. The van der Waals surface area contributed by atoms with E-state index in [1.807, 2.05) is 30.3 Å². The van der Waals surface area contributed by atoms with Gasteiger partial charge in [0, 0.05) is 39.9 Å². The lowest BCUT2D eigenvalue weighted by Gasteiger charge is -2.21. The topological polar surface area (TPSA) is 69.0 Å². The first-order valence-corrected chi connectivity index (χ1v) is 11.4. The molecule has 160 valence electrons. The molecule has 3 aromatic rings. The lowest BCUT2D eigenvalue weighted by Crippen LogP contribution is -2.42. The number of fused-ring (bicyclic) bond motifs is 2. The minimum Gasteiger partial charge on any atom is -0.347 e. The molecule has 2 aromatic carbocycles. The van der Waals surface area contributed by atoms with E-state index < -0.39 is 0 Å². The lowest BCUT2D eigenvalue weighted by molar-refractivity contribution is 0.0929. The summed E-state index contributed by atoms with van der Waals surface area (Å²) >= 11 is 1.54. The van der Waals surface area contributed by atoms with Gasteiger partial charge < -0.3 is 10.2 Å². The van der Waals surface area contributed by atoms with Crippen molar-refractivity contribution in [3.63, 3.8) is 0 Å². The number of nitrogens with zero attached hydrogens (tertiary/aromatic N) is 3. The molecule has 5 nitrogen and oxygen atoms in total. The van der Waals surface area contributed by atoms with Gasteiger partial charge in [0.2, 0.25) is 0 Å². The standard InChI is InChI=1S/C25H21FN4OS/c26-19-6-8-20(9-7-19)32-23-11-12-28-13-21(23)16-1-3-17(4-2-16)25(31)29-24-18-5-10-22(24)30(14-18)15-27/h1-4,6-9,11-13,18,22,24H,5,10,14H2,(H,29,31)/t18?,22?,24-/m1/s1. The molecule has 1 saturated heterocycles. The van der Waals surface area contributed by atoms with Gasteiger partial charge in [-0.1, -0.05) is 23.9 Å². The van der Waals surface area contributed by atoms with Crippen LogP contribution in [0.15, 0.2) is 76.8 Å². The molecule has 1 amide bonds. The summed E-state index contributed by atoms with van der Waals surface area (Å²) < 4.78 is 13.2. The van der Waals surface area contributed by atoms with Crippen LogP contribution in [-0.2, 0) is 0 Å². The first kappa shape index (κ1) is 20.5. The Labute approximate surface area is 190 Å². The van der Waals surface area contributed by atoms with Crippen molar-refractivity contribution in [1.82, 2.24) is 15.2 Å². The molecule has 5 rings (SSSR count). The van der Waals surface area contributed by atoms with E-state index in [-0.39, 0.29) is 23.8 Å². The van der Waals surface area contributed by atoms with Gasteiger partial charge >= 0.3 is 0 Å². The van der Waals surface area contributed by atoms with Crippen LogP contribution in [-0.4, -0.2) is 34.4 Å². The molecule has 2 heterocycles. The van der Waals surface area contributed by atoms with Gasteiger partial charge in [0.05, 0.1) is 12.1 Å². The number of carbonyl (C=O) groups is 1. The predicted octanol–water partition coefficient (Wildman–Crippen LogP) is 4.71. The monoisotopic (exact) mass is 444 g/mol. The molecule has 7 heteroatoms. The number of rotatable bonds is 5. The fourth-order valence-corrected chi connectivity index (χ4v) is 5.62. The van der Waals surface area contributed by atoms with Gasteiger partial charge in [0.1, 0.15) is 5.82 Å². The first-order valence-electron chi connectivity index (χ1n) is 10.6. The highest BCUT2D eigenvalue weighted by Gasteiger charge is 2.47. The molecule has 2 fully saturated rings. The van der Waals surface area contributed by atoms with E-state index in [1.165, 1.54) is 12.1 Å². The molecule has 2 aliphatic rings. The maximum Gasteiger partial charge on any atom is 0.251 e. The van der Waals surface area contributed by atoms with Crippen LogP contribution in [0.4, 0.5) is 4.39 Å². The summed E-state index contributed by atoms with van der Waals surface area (Å²) in [4.78, 5) is 20.8. The first-order chi connectivity index (χ1) is 15.6. The Morgan fingerprint density at radius 2 is 1.91 bits per heavy atom. The maximum absolute atomic E-state index is 13.2. The van der Waals surface area contributed by atoms with Gasteiger partial charge in [-0.05, 0) is 66.8 Å². The largest absolute Gasteiger partial charge is 0.347 e. The minimum absolute atomic E-state index is 0.0406. The Morgan fingerprint density at radius 3 is 2.62 bits per heavy atom. The highest BCUT2D eigenvalue weighted by molar-refractivity contribution is 7.99. The van der Waals surface area contributed by atoms with Crippen LogP contribution in [0.5, 0.6) is 0 Å². The number of piperidine rings is 1. The van der Waals surface area contributed by atoms with Crippen LogP contribution in [0.2, 0.25) is 0 Å². The van der Waals surface area contributed by atoms with Crippen molar-refractivity contribution in [3.8, 4) is 17.3 Å². The predicted molar refractivity (Wildman–Crippen MR) is 120 cm³/mol. The maximum atomic E-state index is 13.2. The number of benzene rings is 2. The average molecular weight is 445 g/mol. The van der Waals surface area contributed by atoms with E-state index in [4.69, 9.17) is 0 Å². The van der Waals surface area contributed by atoms with Crippen molar-refractivity contribution < 1.29 is 9.18 Å². The molecule has 2 unspecified atom stereocenters. The number of hydrogen-bond acceptors (Lipinski definition) is 5. The summed E-state index contributed by atoms with van der Waals surface area (Å²) in [5.74, 6) is -0.0150. The molecule has 0 spiro atoms. The van der Waals surface area contributed by atoms with Crippen molar-refractivity contribution in [2.45, 2.75) is 34.7 Å². The minimum atomic E-state index is -0.260. The third-order valence-corrected chi connectivity index (χ3v) is 7.38. The fourth-order valence-electron chi connectivity index (χ4n) is 4.68. The third-order valence-electron chi connectivity index (χ3n) is 6.29. The van der Waals surface area contributed by atoms with Crippen LogP contribution >= 0.6 is 11.8 Å². The van der Waals surface area contributed by atoms with Crippen LogP contribution in [0.3, 0.4) is 0 Å². The molecular weight excluding hydrogens is 423 g/mol. The zero-order valence-corrected chi connectivity index (χ0v) is 18.1. The Balaban J connectivity index is 1.32. The number of nitriles is 1. The van der Waals surface area contributed by atoms with Gasteiger partial charge in [0.25, 0.3) is 5.91 Å². The fraction of sp³-hybridized carbons (Fsp3) is 0.240. The number of carbonyl (C=O) groups excluding carboxylic acids is 1. The van der Waals surface area contributed by atoms with Crippen LogP contribution in [0.1, 0.15) is 23.2 Å². The van der Waals surface area contributed by atoms with Crippen LogP contribution in [0.25, 0.3) is 11.1 Å². The Kier molecular flexibility index (Phi) is 5.54. The Morgan fingerprint density at radius 1 is 1.12 bits per heavy atom. The van der Waals surface area contributed by atoms with E-state index in [9.17, 15) is 14.4 Å². The second-order valence-electron chi connectivity index (χ2n) is 8.16. The molecule has 32 heavy (non-hydrogen) atoms. The molecule has 1 aliphatic carbocycles. The van der Waals surface area contributed by atoms with Gasteiger partial charge in [-0.2, -0.15) is 5.26 Å². The van der Waals surface area contributed by atoms with Crippen LogP contribution in [0, 0.1) is 23.2 Å². The van der Waals surface area contributed by atoms with Gasteiger partial charge in [-0.15, -0.1) is 0 Å². The smallest absolute Gasteiger partial charge is 0.251 e. The SMILES string of the molecule is N#CN1CC2CCC1[C@@H]2NC(=O)c1ccc(-c2cnccc2Sc2ccc(F)cc2)cc1. The van der Waals surface area contributed by atoms with Gasteiger partial charge in [-0.3, -0.25) is 9.78 Å². The van der Waals surface area contributed by atoms with Crippen molar-refractivity contribution in [2.24, 2.45) is 5.92 Å². The van der Waals surface area contributed by atoms with Crippen LogP contribution < -0.4 is 5.32 Å². The van der Waals surface area contributed by atoms with E-state index in [2.05, 4.69) is 16.5 Å². The number of nitrogens with one attached hydrogen (secondary N) is 1. The summed E-state index contributed by atoms with van der Waals surface area (Å²) in [6, 6.07) is 16.0. The van der Waals surface area contributed by atoms with E-state index >= 15 is 0 Å². The summed E-state index contributed by atoms with van der Waals surface area (Å²) in [6.07, 6.45) is 7.79. The van der Waals surface area contributed by atoms with Crippen molar-refractivity contribution in [1.29, 1.82) is 5.26 Å². The van der Waals surface area contributed by atoms with Crippen molar-refractivity contribution >= 4 is 17.7 Å². The molecule has 0 radical (unpaired) electrons. The molecule has 3 atom stereocenters. The molecular formula is C25H21FN4OS. The van der Waals surface area contributed by atoms with Gasteiger partial charge in [-0.25, -0.2) is 4.39 Å². The van der Waals surface area contributed by atoms with Gasteiger partial charge in [0.15, 0.2) is 6.19 Å². The molecule has 1 saturated carbocycles. The molecule has 1 aliphatic heterocycles. The highest BCUT2D eigenvalue weighted by atomic mass is 32.2. The van der Waals surface area contributed by atoms with Crippen molar-refractivity contribution in [2.75, 3.05) is 6.54 Å². The zero-order chi connectivity index (χ0) is 22.1. The van der Waals surface area contributed by atoms with E-state index in [0.717, 1.165) is 40.3 Å². The molecule has 2 bridgehead atoms. The molecule has 1 N–H and O–H groups in total. The van der Waals surface area contributed by atoms with Crippen molar-refractivity contribution in [3.05, 3.63) is 78.4 Å². The second kappa shape index (κ2) is 8.64. The summed E-state index contributed by atoms with van der Waals surface area (Å²) in [6.45, 7) is 0.737. The average Bonchev–Trinajstić information content (AvgIpc) is 3.37.